The highest BCUT2D eigenvalue weighted by Crippen LogP contribution is 2.49. The minimum Gasteiger partial charge on any atom is -0.489 e. The topological polar surface area (TPSA) is 79.3 Å². The molecule has 0 bridgehead atoms. The number of anilines is 1. The Balaban J connectivity index is 1.67. The van der Waals surface area contributed by atoms with E-state index in [1.54, 1.807) is 24.3 Å². The molecule has 0 saturated carbocycles. The van der Waals surface area contributed by atoms with Gasteiger partial charge in [-0.1, -0.05) is 40.9 Å². The predicted molar refractivity (Wildman–Crippen MR) is 156 cm³/mol. The van der Waals surface area contributed by atoms with E-state index < -0.39 is 17.7 Å². The van der Waals surface area contributed by atoms with E-state index in [0.717, 1.165) is 22.8 Å². The first-order valence-electron chi connectivity index (χ1n) is 13.2. The number of ketones is 1. The number of alkyl halides is 3. The average Bonchev–Trinajstić information content (AvgIpc) is 2.93. The highest BCUT2D eigenvalue weighted by atomic mass is 35.5. The van der Waals surface area contributed by atoms with Crippen LogP contribution in [0.5, 0.6) is 5.75 Å². The molecule has 2 aliphatic rings. The van der Waals surface area contributed by atoms with Crippen LogP contribution in [0.15, 0.2) is 77.3 Å². The largest absolute Gasteiger partial charge is 0.489 e. The number of Topliss-reactive ketones (excluding diaryl/α,β-unsaturated/α-hetero) is 1. The van der Waals surface area contributed by atoms with Gasteiger partial charge < -0.3 is 10.5 Å². The van der Waals surface area contributed by atoms with Crippen molar-refractivity contribution in [3.8, 4) is 11.8 Å². The van der Waals surface area contributed by atoms with Gasteiger partial charge in [0.2, 0.25) is 0 Å². The number of nitriles is 1. The van der Waals surface area contributed by atoms with E-state index in [2.05, 4.69) is 6.07 Å². The summed E-state index contributed by atoms with van der Waals surface area (Å²) in [5, 5.41) is 10.9. The molecule has 1 atom stereocenters. The maximum atomic E-state index is 14.2. The van der Waals surface area contributed by atoms with Crippen LogP contribution in [0, 0.1) is 25.2 Å². The molecule has 0 spiro atoms. The highest BCUT2D eigenvalue weighted by molar-refractivity contribution is 6.31. The quantitative estimate of drug-likeness (QED) is 0.313. The third kappa shape index (κ3) is 5.47. The molecule has 1 unspecified atom stereocenters. The van der Waals surface area contributed by atoms with Crippen molar-refractivity contribution >= 4 is 34.7 Å². The second-order valence-corrected chi connectivity index (χ2v) is 11.2. The summed E-state index contributed by atoms with van der Waals surface area (Å²) in [7, 11) is 0. The summed E-state index contributed by atoms with van der Waals surface area (Å²) in [6, 6.07) is 16.3. The molecule has 1 aliphatic carbocycles. The van der Waals surface area contributed by atoms with Crippen molar-refractivity contribution in [1.29, 1.82) is 5.26 Å². The lowest BCUT2D eigenvalue weighted by Gasteiger charge is -2.41. The molecule has 5 rings (SSSR count). The molecule has 42 heavy (non-hydrogen) atoms. The number of ether oxygens (including phenoxy) is 1. The molecule has 0 fully saturated rings. The number of benzene rings is 3. The molecule has 0 saturated heterocycles. The highest BCUT2D eigenvalue weighted by Gasteiger charge is 2.44. The summed E-state index contributed by atoms with van der Waals surface area (Å²) in [5.41, 5.74) is 9.11. The maximum absolute atomic E-state index is 14.2. The van der Waals surface area contributed by atoms with E-state index in [1.807, 2.05) is 26.0 Å². The van der Waals surface area contributed by atoms with Crippen molar-refractivity contribution < 1.29 is 22.7 Å². The van der Waals surface area contributed by atoms with Gasteiger partial charge in [-0.3, -0.25) is 9.69 Å². The molecule has 0 aromatic heterocycles. The Bertz CT molecular complexity index is 1690. The Morgan fingerprint density at radius 2 is 1.74 bits per heavy atom. The van der Waals surface area contributed by atoms with Gasteiger partial charge in [-0.05, 0) is 85.8 Å². The number of hydrogen-bond acceptors (Lipinski definition) is 5. The molecule has 0 radical (unpaired) electrons. The van der Waals surface area contributed by atoms with Crippen molar-refractivity contribution in [3.05, 3.63) is 115 Å². The number of aryl methyl sites for hydroxylation is 1. The van der Waals surface area contributed by atoms with Crippen LogP contribution < -0.4 is 15.4 Å². The monoisotopic (exact) mass is 611 g/mol. The number of hydrogen-bond donors (Lipinski definition) is 1. The SMILES string of the molecule is Cc1cc(COc2ccc(Cl)cc2)c(C)c(C2C(C#N)=C(N)N(c3ccc(Cl)cc3C(F)(F)F)C3=C2C(=O)CCC3)c1. The summed E-state index contributed by atoms with van der Waals surface area (Å²) in [4.78, 5) is 14.8. The molecule has 0 amide bonds. The number of halogens is 5. The molecule has 2 N–H and O–H groups in total. The molecule has 3 aromatic carbocycles. The first kappa shape index (κ1) is 29.6. The second kappa shape index (κ2) is 11.4. The van der Waals surface area contributed by atoms with E-state index in [1.165, 1.54) is 17.0 Å². The standard InChI is InChI=1S/C32H26Cl2F3N3O2/c1-17-12-19(16-42-22-9-6-20(33)7-10-22)18(2)23(13-17)29-24(15-38)31(39)40(27-4-3-5-28(41)30(27)29)26-11-8-21(34)14-25(26)32(35,36)37/h6-14,29H,3-5,16,39H2,1-2H3. The minimum atomic E-state index is -4.75. The van der Waals surface area contributed by atoms with Gasteiger partial charge in [0.25, 0.3) is 0 Å². The first-order chi connectivity index (χ1) is 19.9. The van der Waals surface area contributed by atoms with Crippen molar-refractivity contribution in [1.82, 2.24) is 0 Å². The summed E-state index contributed by atoms with van der Waals surface area (Å²) in [6.07, 6.45) is -3.78. The Hall–Kier alpha value is -3.93. The zero-order valence-electron chi connectivity index (χ0n) is 22.8. The maximum Gasteiger partial charge on any atom is 0.418 e. The fourth-order valence-electron chi connectivity index (χ4n) is 5.71. The molecule has 1 aliphatic heterocycles. The summed E-state index contributed by atoms with van der Waals surface area (Å²) in [5.74, 6) is -0.602. The number of nitrogens with two attached hydrogens (primary N) is 1. The predicted octanol–water partition coefficient (Wildman–Crippen LogP) is 8.51. The van der Waals surface area contributed by atoms with Crippen molar-refractivity contribution in [3.63, 3.8) is 0 Å². The van der Waals surface area contributed by atoms with Gasteiger partial charge >= 0.3 is 6.18 Å². The van der Waals surface area contributed by atoms with Gasteiger partial charge in [-0.15, -0.1) is 0 Å². The first-order valence-corrected chi connectivity index (χ1v) is 14.0. The van der Waals surface area contributed by atoms with Crippen LogP contribution >= 0.6 is 23.2 Å². The molecular weight excluding hydrogens is 586 g/mol. The Morgan fingerprint density at radius 1 is 1.05 bits per heavy atom. The summed E-state index contributed by atoms with van der Waals surface area (Å²) >= 11 is 11.9. The van der Waals surface area contributed by atoms with Crippen LogP contribution in [0.25, 0.3) is 0 Å². The lowest BCUT2D eigenvalue weighted by molar-refractivity contribution is -0.137. The van der Waals surface area contributed by atoms with Gasteiger partial charge in [-0.25, -0.2) is 0 Å². The molecular formula is C32H26Cl2F3N3O2. The zero-order chi connectivity index (χ0) is 30.3. The van der Waals surface area contributed by atoms with Crippen molar-refractivity contribution in [2.24, 2.45) is 5.73 Å². The average molecular weight is 612 g/mol. The van der Waals surface area contributed by atoms with E-state index in [4.69, 9.17) is 33.7 Å². The van der Waals surface area contributed by atoms with Gasteiger partial charge in [0, 0.05) is 27.7 Å². The molecule has 5 nitrogen and oxygen atoms in total. The molecule has 1 heterocycles. The Kier molecular flexibility index (Phi) is 8.02. The van der Waals surface area contributed by atoms with Crippen LogP contribution in [-0.2, 0) is 17.6 Å². The van der Waals surface area contributed by atoms with Crippen molar-refractivity contribution in [2.45, 2.75) is 51.8 Å². The van der Waals surface area contributed by atoms with Crippen LogP contribution in [0.3, 0.4) is 0 Å². The van der Waals surface area contributed by atoms with Gasteiger partial charge in [0.1, 0.15) is 18.2 Å². The minimum absolute atomic E-state index is 0.00495. The summed E-state index contributed by atoms with van der Waals surface area (Å²) in [6.45, 7) is 3.98. The van der Waals surface area contributed by atoms with Gasteiger partial charge in [0.05, 0.1) is 28.8 Å². The lowest BCUT2D eigenvalue weighted by atomic mass is 9.73. The van der Waals surface area contributed by atoms with E-state index >= 15 is 0 Å². The fourth-order valence-corrected chi connectivity index (χ4v) is 6.01. The van der Waals surface area contributed by atoms with Gasteiger partial charge in [-0.2, -0.15) is 18.4 Å². The third-order valence-electron chi connectivity index (χ3n) is 7.64. The van der Waals surface area contributed by atoms with Crippen LogP contribution in [0.1, 0.15) is 53.0 Å². The second-order valence-electron chi connectivity index (χ2n) is 10.4. The van der Waals surface area contributed by atoms with E-state index in [-0.39, 0.29) is 46.5 Å². The zero-order valence-corrected chi connectivity index (χ0v) is 24.3. The van der Waals surface area contributed by atoms with Crippen molar-refractivity contribution in [2.75, 3.05) is 4.90 Å². The smallest absolute Gasteiger partial charge is 0.418 e. The fraction of sp³-hybridized carbons (Fsp3) is 0.250. The van der Waals surface area contributed by atoms with E-state index in [9.17, 15) is 23.2 Å². The number of nitrogens with zero attached hydrogens (tertiary/aromatic N) is 2. The van der Waals surface area contributed by atoms with Crippen LogP contribution in [0.2, 0.25) is 10.0 Å². The Morgan fingerprint density at radius 3 is 2.40 bits per heavy atom. The number of carbonyl (C=O) groups excluding carboxylic acids is 1. The number of carbonyl (C=O) groups is 1. The molecule has 216 valence electrons. The van der Waals surface area contributed by atoms with Crippen LogP contribution in [0.4, 0.5) is 18.9 Å². The van der Waals surface area contributed by atoms with Gasteiger partial charge in [0.15, 0.2) is 5.78 Å². The third-order valence-corrected chi connectivity index (χ3v) is 8.12. The van der Waals surface area contributed by atoms with E-state index in [0.29, 0.717) is 34.9 Å². The molecule has 10 heteroatoms. The van der Waals surface area contributed by atoms with Crippen LogP contribution in [-0.4, -0.2) is 5.78 Å². The Labute approximate surface area is 251 Å². The lowest BCUT2D eigenvalue weighted by Crippen LogP contribution is -2.39. The normalized spacial score (nSPS) is 17.3. The summed E-state index contributed by atoms with van der Waals surface area (Å²) < 4.78 is 48.5. The molecule has 3 aromatic rings. The number of allylic oxidation sites excluding steroid dienone is 3. The number of rotatable bonds is 5.